The Morgan fingerprint density at radius 2 is 2.00 bits per heavy atom. The van der Waals surface area contributed by atoms with E-state index in [9.17, 15) is 4.39 Å². The van der Waals surface area contributed by atoms with Crippen LogP contribution < -0.4 is 5.32 Å². The second kappa shape index (κ2) is 5.80. The molecule has 2 aliphatic rings. The minimum atomic E-state index is -0.547. The summed E-state index contributed by atoms with van der Waals surface area (Å²) in [4.78, 5) is 2.45. The number of nitrogens with zero attached hydrogens (tertiary/aromatic N) is 1. The first-order chi connectivity index (χ1) is 7.34. The Hall–Kier alpha value is -0.150. The van der Waals surface area contributed by atoms with Gasteiger partial charge in [-0.05, 0) is 45.2 Å². The lowest BCUT2D eigenvalue weighted by Gasteiger charge is -2.29. The molecular weight excluding hydrogens is 191 g/mol. The van der Waals surface area contributed by atoms with Gasteiger partial charge in [-0.1, -0.05) is 6.42 Å². The maximum absolute atomic E-state index is 13.2. The highest BCUT2D eigenvalue weighted by Crippen LogP contribution is 2.15. The number of rotatable bonds is 2. The Balaban J connectivity index is 1.72. The van der Waals surface area contributed by atoms with Crippen molar-refractivity contribution in [1.29, 1.82) is 0 Å². The second-order valence-electron chi connectivity index (χ2n) is 4.98. The van der Waals surface area contributed by atoms with Crippen LogP contribution in [0.5, 0.6) is 0 Å². The fraction of sp³-hybridized carbons (Fsp3) is 1.00. The van der Waals surface area contributed by atoms with Crippen molar-refractivity contribution in [3.63, 3.8) is 0 Å². The molecule has 2 unspecified atom stereocenters. The van der Waals surface area contributed by atoms with Crippen LogP contribution in [0.3, 0.4) is 0 Å². The predicted molar refractivity (Wildman–Crippen MR) is 60.8 cm³/mol. The first-order valence-electron chi connectivity index (χ1n) is 6.44. The van der Waals surface area contributed by atoms with Crippen molar-refractivity contribution in [2.24, 2.45) is 0 Å². The van der Waals surface area contributed by atoms with Gasteiger partial charge in [0.05, 0.1) is 0 Å². The molecule has 2 aliphatic heterocycles. The molecule has 0 aliphatic carbocycles. The first kappa shape index (κ1) is 11.3. The quantitative estimate of drug-likeness (QED) is 0.756. The molecule has 88 valence electrons. The van der Waals surface area contributed by atoms with Crippen LogP contribution in [0.25, 0.3) is 0 Å². The van der Waals surface area contributed by atoms with Crippen molar-refractivity contribution >= 4 is 0 Å². The largest absolute Gasteiger partial charge is 0.313 e. The summed E-state index contributed by atoms with van der Waals surface area (Å²) in [5, 5.41) is 3.56. The van der Waals surface area contributed by atoms with Crippen LogP contribution in [0.2, 0.25) is 0 Å². The van der Waals surface area contributed by atoms with Gasteiger partial charge in [-0.2, -0.15) is 0 Å². The average Bonchev–Trinajstić information content (AvgIpc) is 2.46. The number of hydrogen-bond donors (Lipinski definition) is 1. The fourth-order valence-electron chi connectivity index (χ4n) is 2.69. The van der Waals surface area contributed by atoms with Crippen LogP contribution in [-0.2, 0) is 0 Å². The van der Waals surface area contributed by atoms with Crippen molar-refractivity contribution in [3.05, 3.63) is 0 Å². The molecule has 2 rings (SSSR count). The van der Waals surface area contributed by atoms with Gasteiger partial charge in [0.15, 0.2) is 0 Å². The molecule has 0 spiro atoms. The predicted octanol–water partition coefficient (Wildman–Crippen LogP) is 1.95. The summed E-state index contributed by atoms with van der Waals surface area (Å²) in [6.07, 6.45) is 5.99. The molecule has 3 heteroatoms. The van der Waals surface area contributed by atoms with Gasteiger partial charge in [-0.3, -0.25) is 0 Å². The maximum atomic E-state index is 13.2. The molecule has 2 saturated heterocycles. The molecule has 0 aromatic rings. The van der Waals surface area contributed by atoms with Crippen molar-refractivity contribution < 1.29 is 4.39 Å². The minimum Gasteiger partial charge on any atom is -0.313 e. The van der Waals surface area contributed by atoms with Gasteiger partial charge in [0.2, 0.25) is 0 Å². The highest BCUT2D eigenvalue weighted by molar-refractivity contribution is 4.78. The highest BCUT2D eigenvalue weighted by Gasteiger charge is 2.20. The van der Waals surface area contributed by atoms with E-state index in [1.807, 2.05) is 0 Å². The van der Waals surface area contributed by atoms with Crippen LogP contribution in [0.15, 0.2) is 0 Å². The van der Waals surface area contributed by atoms with Gasteiger partial charge >= 0.3 is 0 Å². The van der Waals surface area contributed by atoms with E-state index in [1.54, 1.807) is 0 Å². The minimum absolute atomic E-state index is 0.547. The van der Waals surface area contributed by atoms with E-state index < -0.39 is 6.17 Å². The van der Waals surface area contributed by atoms with Gasteiger partial charge < -0.3 is 10.2 Å². The molecule has 2 atom stereocenters. The molecular formula is C12H23FN2. The zero-order valence-corrected chi connectivity index (χ0v) is 9.55. The van der Waals surface area contributed by atoms with Crippen molar-refractivity contribution in [2.45, 2.75) is 50.7 Å². The van der Waals surface area contributed by atoms with E-state index >= 15 is 0 Å². The number of hydrogen-bond acceptors (Lipinski definition) is 2. The summed E-state index contributed by atoms with van der Waals surface area (Å²) in [6.45, 7) is 4.36. The summed E-state index contributed by atoms with van der Waals surface area (Å²) >= 11 is 0. The summed E-state index contributed by atoms with van der Waals surface area (Å²) in [5.74, 6) is 0. The summed E-state index contributed by atoms with van der Waals surface area (Å²) in [6, 6.07) is 0.662. The molecule has 0 aromatic carbocycles. The van der Waals surface area contributed by atoms with Crippen LogP contribution in [0.1, 0.15) is 38.5 Å². The van der Waals surface area contributed by atoms with E-state index in [-0.39, 0.29) is 0 Å². The molecule has 0 radical (unpaired) electrons. The topological polar surface area (TPSA) is 15.3 Å². The number of nitrogens with one attached hydrogen (secondary N) is 1. The second-order valence-corrected chi connectivity index (χ2v) is 4.98. The molecule has 2 nitrogen and oxygen atoms in total. The lowest BCUT2D eigenvalue weighted by atomic mass is 10.0. The molecule has 0 bridgehead atoms. The normalized spacial score (nSPS) is 35.0. The third kappa shape index (κ3) is 3.72. The summed E-state index contributed by atoms with van der Waals surface area (Å²) < 4.78 is 13.2. The van der Waals surface area contributed by atoms with Crippen LogP contribution in [0, 0.1) is 0 Å². The molecule has 0 saturated carbocycles. The van der Waals surface area contributed by atoms with Gasteiger partial charge in [-0.25, -0.2) is 4.39 Å². The molecule has 0 aromatic heterocycles. The number of alkyl halides is 1. The van der Waals surface area contributed by atoms with Crippen LogP contribution in [0.4, 0.5) is 4.39 Å². The van der Waals surface area contributed by atoms with Crippen molar-refractivity contribution in [1.82, 2.24) is 10.2 Å². The maximum Gasteiger partial charge on any atom is 0.101 e. The fourth-order valence-corrected chi connectivity index (χ4v) is 2.69. The molecule has 15 heavy (non-hydrogen) atoms. The average molecular weight is 214 g/mol. The van der Waals surface area contributed by atoms with E-state index in [1.165, 1.54) is 25.8 Å². The zero-order valence-electron chi connectivity index (χ0n) is 9.55. The number of piperidine rings is 1. The Bertz CT molecular complexity index is 180. The lowest BCUT2D eigenvalue weighted by molar-refractivity contribution is 0.223. The number of halogens is 1. The van der Waals surface area contributed by atoms with E-state index in [0.717, 1.165) is 38.9 Å². The van der Waals surface area contributed by atoms with Crippen molar-refractivity contribution in [2.75, 3.05) is 26.2 Å². The zero-order chi connectivity index (χ0) is 10.5. The van der Waals surface area contributed by atoms with E-state index in [2.05, 4.69) is 10.2 Å². The standard InChI is InChI=1S/C12H23FN2/c13-11-4-3-8-15(9-6-11)10-12-5-1-2-7-14-12/h11-12,14H,1-10H2. The molecule has 2 fully saturated rings. The van der Waals surface area contributed by atoms with Gasteiger partial charge in [0.1, 0.15) is 6.17 Å². The summed E-state index contributed by atoms with van der Waals surface area (Å²) in [7, 11) is 0. The van der Waals surface area contributed by atoms with Crippen LogP contribution in [-0.4, -0.2) is 43.3 Å². The molecule has 1 N–H and O–H groups in total. The Morgan fingerprint density at radius 3 is 2.80 bits per heavy atom. The van der Waals surface area contributed by atoms with E-state index in [4.69, 9.17) is 0 Å². The first-order valence-corrected chi connectivity index (χ1v) is 6.44. The lowest BCUT2D eigenvalue weighted by Crippen LogP contribution is -2.44. The third-order valence-corrected chi connectivity index (χ3v) is 3.64. The third-order valence-electron chi connectivity index (χ3n) is 3.64. The monoisotopic (exact) mass is 214 g/mol. The van der Waals surface area contributed by atoms with Crippen LogP contribution >= 0.6 is 0 Å². The number of likely N-dealkylation sites (tertiary alicyclic amines) is 1. The highest BCUT2D eigenvalue weighted by atomic mass is 19.1. The van der Waals surface area contributed by atoms with Gasteiger partial charge in [0.25, 0.3) is 0 Å². The Kier molecular flexibility index (Phi) is 4.39. The molecule has 0 amide bonds. The SMILES string of the molecule is FC1CCCN(CC2CCCCN2)CC1. The van der Waals surface area contributed by atoms with Crippen molar-refractivity contribution in [3.8, 4) is 0 Å². The molecule has 2 heterocycles. The van der Waals surface area contributed by atoms with E-state index in [0.29, 0.717) is 6.04 Å². The Morgan fingerprint density at radius 1 is 1.07 bits per heavy atom. The smallest absolute Gasteiger partial charge is 0.101 e. The van der Waals surface area contributed by atoms with Gasteiger partial charge in [0, 0.05) is 19.1 Å². The Labute approximate surface area is 92.2 Å². The van der Waals surface area contributed by atoms with Gasteiger partial charge in [-0.15, -0.1) is 0 Å². The summed E-state index contributed by atoms with van der Waals surface area (Å²) in [5.41, 5.74) is 0.